The SMILES string of the molecule is NCC1(NC(=O)C2CCS(=O)(=O)C2)CCC1. The molecule has 1 unspecified atom stereocenters. The molecule has 92 valence electrons. The van der Waals surface area contributed by atoms with Gasteiger partial charge in [-0.05, 0) is 25.7 Å². The molecule has 2 aliphatic rings. The van der Waals surface area contributed by atoms with E-state index >= 15 is 0 Å². The van der Waals surface area contributed by atoms with E-state index in [0.717, 1.165) is 19.3 Å². The van der Waals surface area contributed by atoms with Crippen molar-refractivity contribution in [2.45, 2.75) is 31.2 Å². The zero-order valence-corrected chi connectivity index (χ0v) is 10.1. The van der Waals surface area contributed by atoms with Crippen LogP contribution in [-0.2, 0) is 14.6 Å². The molecule has 3 N–H and O–H groups in total. The van der Waals surface area contributed by atoms with Gasteiger partial charge in [-0.15, -0.1) is 0 Å². The average molecular weight is 246 g/mol. The zero-order chi connectivity index (χ0) is 11.8. The molecule has 0 aromatic heterocycles. The molecule has 2 fully saturated rings. The molecule has 1 heterocycles. The van der Waals surface area contributed by atoms with Crippen LogP contribution >= 0.6 is 0 Å². The molecule has 1 saturated carbocycles. The summed E-state index contributed by atoms with van der Waals surface area (Å²) in [6.07, 6.45) is 3.36. The van der Waals surface area contributed by atoms with Crippen molar-refractivity contribution in [2.75, 3.05) is 18.1 Å². The summed E-state index contributed by atoms with van der Waals surface area (Å²) in [4.78, 5) is 11.9. The Labute approximate surface area is 95.7 Å². The summed E-state index contributed by atoms with van der Waals surface area (Å²) < 4.78 is 22.5. The number of sulfone groups is 1. The van der Waals surface area contributed by atoms with E-state index < -0.39 is 9.84 Å². The number of carbonyl (C=O) groups excluding carboxylic acids is 1. The number of nitrogens with one attached hydrogen (secondary N) is 1. The number of carbonyl (C=O) groups is 1. The molecule has 6 heteroatoms. The molecule has 1 aliphatic heterocycles. The highest BCUT2D eigenvalue weighted by atomic mass is 32.2. The Morgan fingerprint density at radius 3 is 2.50 bits per heavy atom. The van der Waals surface area contributed by atoms with Crippen molar-refractivity contribution in [3.8, 4) is 0 Å². The lowest BCUT2D eigenvalue weighted by Gasteiger charge is -2.42. The second-order valence-corrected chi connectivity index (χ2v) is 7.16. The van der Waals surface area contributed by atoms with Gasteiger partial charge in [-0.3, -0.25) is 4.79 Å². The molecule has 16 heavy (non-hydrogen) atoms. The lowest BCUT2D eigenvalue weighted by molar-refractivity contribution is -0.127. The summed E-state index contributed by atoms with van der Waals surface area (Å²) in [6.45, 7) is 0.443. The van der Waals surface area contributed by atoms with Crippen LogP contribution in [0.3, 0.4) is 0 Å². The highest BCUT2D eigenvalue weighted by molar-refractivity contribution is 7.91. The van der Waals surface area contributed by atoms with Gasteiger partial charge in [0, 0.05) is 6.54 Å². The van der Waals surface area contributed by atoms with Crippen molar-refractivity contribution >= 4 is 15.7 Å². The van der Waals surface area contributed by atoms with Crippen LogP contribution in [-0.4, -0.2) is 37.9 Å². The van der Waals surface area contributed by atoms with Crippen LogP contribution in [0.4, 0.5) is 0 Å². The van der Waals surface area contributed by atoms with Gasteiger partial charge in [-0.1, -0.05) is 0 Å². The summed E-state index contributed by atoms with van der Waals surface area (Å²) in [5, 5.41) is 2.93. The summed E-state index contributed by atoms with van der Waals surface area (Å²) in [5.41, 5.74) is 5.39. The molecule has 1 saturated heterocycles. The number of amides is 1. The second-order valence-electron chi connectivity index (χ2n) is 4.93. The van der Waals surface area contributed by atoms with Gasteiger partial charge in [0.15, 0.2) is 9.84 Å². The fourth-order valence-electron chi connectivity index (χ4n) is 2.35. The second kappa shape index (κ2) is 4.00. The molecule has 0 spiro atoms. The van der Waals surface area contributed by atoms with Crippen molar-refractivity contribution in [3.05, 3.63) is 0 Å². The Hall–Kier alpha value is -0.620. The zero-order valence-electron chi connectivity index (χ0n) is 9.24. The largest absolute Gasteiger partial charge is 0.349 e. The van der Waals surface area contributed by atoms with Crippen LogP contribution in [0, 0.1) is 5.92 Å². The lowest BCUT2D eigenvalue weighted by atomic mass is 9.76. The van der Waals surface area contributed by atoms with E-state index in [0.29, 0.717) is 13.0 Å². The van der Waals surface area contributed by atoms with Crippen molar-refractivity contribution in [2.24, 2.45) is 11.7 Å². The van der Waals surface area contributed by atoms with Gasteiger partial charge < -0.3 is 11.1 Å². The van der Waals surface area contributed by atoms with E-state index in [1.54, 1.807) is 0 Å². The topological polar surface area (TPSA) is 89.3 Å². The highest BCUT2D eigenvalue weighted by Crippen LogP contribution is 2.31. The van der Waals surface area contributed by atoms with Crippen LogP contribution in [0.15, 0.2) is 0 Å². The standard InChI is InChI=1S/C10H18N2O3S/c11-7-10(3-1-4-10)12-9(13)8-2-5-16(14,15)6-8/h8H,1-7,11H2,(H,12,13). The fraction of sp³-hybridized carbons (Fsp3) is 0.900. The number of rotatable bonds is 3. The summed E-state index contributed by atoms with van der Waals surface area (Å²) >= 11 is 0. The van der Waals surface area contributed by atoms with Crippen LogP contribution in [0.25, 0.3) is 0 Å². The normalized spacial score (nSPS) is 30.7. The molecular formula is C10H18N2O3S. The van der Waals surface area contributed by atoms with Gasteiger partial charge >= 0.3 is 0 Å². The molecule has 0 radical (unpaired) electrons. The monoisotopic (exact) mass is 246 g/mol. The quantitative estimate of drug-likeness (QED) is 0.697. The first-order valence-electron chi connectivity index (χ1n) is 5.69. The fourth-order valence-corrected chi connectivity index (χ4v) is 4.09. The molecule has 5 nitrogen and oxygen atoms in total. The molecule has 0 aromatic carbocycles. The molecular weight excluding hydrogens is 228 g/mol. The first kappa shape index (κ1) is 11.9. The van der Waals surface area contributed by atoms with Gasteiger partial charge in [0.1, 0.15) is 0 Å². The van der Waals surface area contributed by atoms with Gasteiger partial charge in [-0.25, -0.2) is 8.42 Å². The molecule has 0 bridgehead atoms. The first-order chi connectivity index (χ1) is 7.46. The van der Waals surface area contributed by atoms with Crippen molar-refractivity contribution in [3.63, 3.8) is 0 Å². The van der Waals surface area contributed by atoms with Crippen molar-refractivity contribution in [1.82, 2.24) is 5.32 Å². The lowest BCUT2D eigenvalue weighted by Crippen LogP contribution is -2.59. The Balaban J connectivity index is 1.94. The molecule has 1 amide bonds. The molecule has 1 atom stereocenters. The van der Waals surface area contributed by atoms with Gasteiger partial charge in [-0.2, -0.15) is 0 Å². The van der Waals surface area contributed by atoms with E-state index in [1.807, 2.05) is 0 Å². The third-order valence-electron chi connectivity index (χ3n) is 3.69. The maximum atomic E-state index is 11.9. The minimum Gasteiger partial charge on any atom is -0.349 e. The number of hydrogen-bond donors (Lipinski definition) is 2. The Bertz CT molecular complexity index is 381. The van der Waals surface area contributed by atoms with Crippen molar-refractivity contribution in [1.29, 1.82) is 0 Å². The highest BCUT2D eigenvalue weighted by Gasteiger charge is 2.40. The Morgan fingerprint density at radius 1 is 1.44 bits per heavy atom. The predicted octanol–water partition coefficient (Wildman–Crippen LogP) is -0.581. The van der Waals surface area contributed by atoms with E-state index in [4.69, 9.17) is 5.73 Å². The third-order valence-corrected chi connectivity index (χ3v) is 5.46. The predicted molar refractivity (Wildman–Crippen MR) is 60.5 cm³/mol. The molecule has 2 rings (SSSR count). The van der Waals surface area contributed by atoms with Crippen LogP contribution in [0.1, 0.15) is 25.7 Å². The van der Waals surface area contributed by atoms with Crippen LogP contribution < -0.4 is 11.1 Å². The van der Waals surface area contributed by atoms with Gasteiger partial charge in [0.05, 0.1) is 23.0 Å². The summed E-state index contributed by atoms with van der Waals surface area (Å²) in [7, 11) is -2.98. The minimum atomic E-state index is -2.98. The van der Waals surface area contributed by atoms with Crippen LogP contribution in [0.5, 0.6) is 0 Å². The van der Waals surface area contributed by atoms with Crippen molar-refractivity contribution < 1.29 is 13.2 Å². The van der Waals surface area contributed by atoms with E-state index in [2.05, 4.69) is 5.32 Å². The summed E-state index contributed by atoms with van der Waals surface area (Å²) in [5.74, 6) is -0.361. The van der Waals surface area contributed by atoms with E-state index in [-0.39, 0.29) is 28.9 Å². The van der Waals surface area contributed by atoms with Gasteiger partial charge in [0.25, 0.3) is 0 Å². The maximum Gasteiger partial charge on any atom is 0.224 e. The maximum absolute atomic E-state index is 11.9. The third kappa shape index (κ3) is 2.22. The Kier molecular flexibility index (Phi) is 2.96. The summed E-state index contributed by atoms with van der Waals surface area (Å²) in [6, 6.07) is 0. The smallest absolute Gasteiger partial charge is 0.224 e. The number of hydrogen-bond acceptors (Lipinski definition) is 4. The van der Waals surface area contributed by atoms with Crippen LogP contribution in [0.2, 0.25) is 0 Å². The minimum absolute atomic E-state index is 0.000511. The first-order valence-corrected chi connectivity index (χ1v) is 7.51. The van der Waals surface area contributed by atoms with Gasteiger partial charge in [0.2, 0.25) is 5.91 Å². The average Bonchev–Trinajstić information content (AvgIpc) is 2.52. The number of nitrogens with two attached hydrogens (primary N) is 1. The Morgan fingerprint density at radius 2 is 2.12 bits per heavy atom. The molecule has 1 aliphatic carbocycles. The van der Waals surface area contributed by atoms with E-state index in [9.17, 15) is 13.2 Å². The molecule has 0 aromatic rings. The van der Waals surface area contributed by atoms with E-state index in [1.165, 1.54) is 0 Å².